The average Bonchev–Trinajstić information content (AvgIpc) is 2.80. The predicted molar refractivity (Wildman–Crippen MR) is 136 cm³/mol. The van der Waals surface area contributed by atoms with Gasteiger partial charge >= 0.3 is 0 Å². The van der Waals surface area contributed by atoms with Crippen LogP contribution in [0.1, 0.15) is 79.9 Å². The first-order valence-electron chi connectivity index (χ1n) is 11.3. The van der Waals surface area contributed by atoms with E-state index in [2.05, 4.69) is 13.8 Å². The van der Waals surface area contributed by atoms with Gasteiger partial charge in [0.25, 0.3) is 5.91 Å². The Kier molecular flexibility index (Phi) is 6.82. The van der Waals surface area contributed by atoms with Crippen molar-refractivity contribution in [2.75, 3.05) is 6.54 Å². The van der Waals surface area contributed by atoms with Crippen molar-refractivity contribution in [3.8, 4) is 0 Å². The van der Waals surface area contributed by atoms with Crippen LogP contribution in [0.5, 0.6) is 0 Å². The van der Waals surface area contributed by atoms with Crippen molar-refractivity contribution in [2.45, 2.75) is 64.8 Å². The number of rotatable bonds is 3. The van der Waals surface area contributed by atoms with Gasteiger partial charge in [-0.3, -0.25) is 4.79 Å². The summed E-state index contributed by atoms with van der Waals surface area (Å²) < 4.78 is 0. The van der Waals surface area contributed by atoms with Crippen LogP contribution >= 0.6 is 46.4 Å². The molecule has 0 spiro atoms. The maximum absolute atomic E-state index is 14.1. The molecule has 32 heavy (non-hydrogen) atoms. The lowest BCUT2D eigenvalue weighted by Crippen LogP contribution is -2.44. The highest BCUT2D eigenvalue weighted by Gasteiger charge is 2.49. The van der Waals surface area contributed by atoms with Crippen LogP contribution in [0.2, 0.25) is 20.1 Å². The zero-order valence-corrected chi connectivity index (χ0v) is 22.0. The summed E-state index contributed by atoms with van der Waals surface area (Å²) in [4.78, 5) is 16.0. The molecule has 3 unspecified atom stereocenters. The molecule has 1 fully saturated rings. The molecule has 0 N–H and O–H groups in total. The number of carbonyl (C=O) groups is 1. The van der Waals surface area contributed by atoms with Crippen molar-refractivity contribution in [2.24, 2.45) is 11.8 Å². The first-order chi connectivity index (χ1) is 15.1. The van der Waals surface area contributed by atoms with Gasteiger partial charge in [-0.25, -0.2) is 0 Å². The molecule has 0 radical (unpaired) electrons. The Labute approximate surface area is 211 Å². The highest BCUT2D eigenvalue weighted by molar-refractivity contribution is 6.46. The van der Waals surface area contributed by atoms with E-state index in [0.29, 0.717) is 44.7 Å². The van der Waals surface area contributed by atoms with Gasteiger partial charge in [-0.15, -0.1) is 0 Å². The molecule has 0 aromatic heterocycles. The van der Waals surface area contributed by atoms with Crippen LogP contribution < -0.4 is 0 Å². The zero-order chi connectivity index (χ0) is 23.4. The van der Waals surface area contributed by atoms with E-state index in [1.807, 2.05) is 43.0 Å². The molecule has 172 valence electrons. The van der Waals surface area contributed by atoms with Gasteiger partial charge in [0.1, 0.15) is 0 Å². The lowest BCUT2D eigenvalue weighted by atomic mass is 9.59. The summed E-state index contributed by atoms with van der Waals surface area (Å²) in [6.45, 7) is 9.71. The Morgan fingerprint density at radius 2 is 1.84 bits per heavy atom. The predicted octanol–water partition coefficient (Wildman–Crippen LogP) is 8.77. The van der Waals surface area contributed by atoms with E-state index >= 15 is 0 Å². The Morgan fingerprint density at radius 1 is 1.12 bits per heavy atom. The fourth-order valence-corrected chi connectivity index (χ4v) is 7.46. The van der Waals surface area contributed by atoms with Crippen LogP contribution in [-0.4, -0.2) is 17.4 Å². The van der Waals surface area contributed by atoms with Crippen molar-refractivity contribution in [3.63, 3.8) is 0 Å². The standard InChI is InChI=1S/C26H29Cl4NO/c1-14(2)19-22(28)20-21(24(30)23(19)29)26(4)10-6-7-15(3)18(26)13-31(25(20)32)12-16-8-5-9-17(27)11-16/h5,8-9,11,14-15,18H,6-7,10,12-13H2,1-4H3. The lowest BCUT2D eigenvalue weighted by Gasteiger charge is -2.46. The summed E-state index contributed by atoms with van der Waals surface area (Å²) >= 11 is 27.0. The topological polar surface area (TPSA) is 20.3 Å². The van der Waals surface area contributed by atoms with Crippen molar-refractivity contribution < 1.29 is 4.79 Å². The van der Waals surface area contributed by atoms with Gasteiger partial charge < -0.3 is 4.90 Å². The normalized spacial score (nSPS) is 25.5. The van der Waals surface area contributed by atoms with Crippen LogP contribution in [0.25, 0.3) is 0 Å². The maximum Gasteiger partial charge on any atom is 0.256 e. The molecule has 0 saturated heterocycles. The minimum atomic E-state index is -0.272. The molecule has 2 aliphatic rings. The quantitative estimate of drug-likeness (QED) is 0.376. The molecule has 2 aromatic rings. The molecule has 2 aromatic carbocycles. The third-order valence-electron chi connectivity index (χ3n) is 7.54. The number of amides is 1. The van der Waals surface area contributed by atoms with Crippen molar-refractivity contribution in [3.05, 3.63) is 66.6 Å². The number of nitrogens with zero attached hydrogens (tertiary/aromatic N) is 1. The van der Waals surface area contributed by atoms with Crippen LogP contribution in [-0.2, 0) is 12.0 Å². The van der Waals surface area contributed by atoms with Gasteiger partial charge in [0, 0.05) is 18.1 Å². The first kappa shape index (κ1) is 24.2. The lowest BCUT2D eigenvalue weighted by molar-refractivity contribution is 0.0612. The van der Waals surface area contributed by atoms with Crippen LogP contribution in [0.15, 0.2) is 24.3 Å². The van der Waals surface area contributed by atoms with Crippen LogP contribution in [0, 0.1) is 11.8 Å². The summed E-state index contributed by atoms with van der Waals surface area (Å²) in [5, 5.41) is 2.09. The smallest absolute Gasteiger partial charge is 0.256 e. The summed E-state index contributed by atoms with van der Waals surface area (Å²) in [5.74, 6) is 0.681. The minimum absolute atomic E-state index is 0.0455. The Morgan fingerprint density at radius 3 is 2.50 bits per heavy atom. The fourth-order valence-electron chi connectivity index (χ4n) is 5.89. The van der Waals surface area contributed by atoms with Gasteiger partial charge in [-0.1, -0.05) is 99.1 Å². The number of benzene rings is 2. The summed E-state index contributed by atoms with van der Waals surface area (Å²) in [6.07, 6.45) is 3.19. The molecule has 4 rings (SSSR count). The molecule has 1 amide bonds. The molecule has 1 saturated carbocycles. The second-order valence-electron chi connectivity index (χ2n) is 9.97. The number of hydrogen-bond donors (Lipinski definition) is 0. The second-order valence-corrected chi connectivity index (χ2v) is 11.5. The zero-order valence-electron chi connectivity index (χ0n) is 18.9. The van der Waals surface area contributed by atoms with Gasteiger partial charge in [0.2, 0.25) is 0 Å². The van der Waals surface area contributed by atoms with Crippen molar-refractivity contribution in [1.82, 2.24) is 4.90 Å². The fraction of sp³-hybridized carbons (Fsp3) is 0.500. The summed E-state index contributed by atoms with van der Waals surface area (Å²) in [7, 11) is 0. The Balaban J connectivity index is 1.96. The molecule has 2 nitrogen and oxygen atoms in total. The van der Waals surface area contributed by atoms with E-state index in [1.54, 1.807) is 0 Å². The number of carbonyl (C=O) groups excluding carboxylic acids is 1. The molecular formula is C26H29Cl4NO. The van der Waals surface area contributed by atoms with E-state index in [9.17, 15) is 4.79 Å². The summed E-state index contributed by atoms with van der Waals surface area (Å²) in [6, 6.07) is 7.69. The third-order valence-corrected chi connectivity index (χ3v) is 9.04. The highest BCUT2D eigenvalue weighted by Crippen LogP contribution is 2.55. The Hall–Kier alpha value is -0.930. The first-order valence-corrected chi connectivity index (χ1v) is 12.8. The number of hydrogen-bond acceptors (Lipinski definition) is 1. The van der Waals surface area contributed by atoms with Gasteiger partial charge in [0.05, 0.1) is 20.6 Å². The number of fused-ring (bicyclic) bond motifs is 3. The van der Waals surface area contributed by atoms with E-state index in [0.717, 1.165) is 36.0 Å². The average molecular weight is 513 g/mol. The van der Waals surface area contributed by atoms with Gasteiger partial charge in [-0.05, 0) is 58.4 Å². The maximum atomic E-state index is 14.1. The summed E-state index contributed by atoms with van der Waals surface area (Å²) in [5.41, 5.74) is 2.85. The molecular weight excluding hydrogens is 484 g/mol. The van der Waals surface area contributed by atoms with Crippen LogP contribution in [0.3, 0.4) is 0 Å². The van der Waals surface area contributed by atoms with E-state index in [4.69, 9.17) is 46.4 Å². The van der Waals surface area contributed by atoms with Crippen molar-refractivity contribution in [1.29, 1.82) is 0 Å². The SMILES string of the molecule is CC(C)c1c(Cl)c(Cl)c2c(c1Cl)C(=O)N(Cc1cccc(Cl)c1)CC1C(C)CCCC21C. The van der Waals surface area contributed by atoms with Gasteiger partial charge in [0.15, 0.2) is 0 Å². The molecule has 1 heterocycles. The molecule has 1 aliphatic carbocycles. The third kappa shape index (κ3) is 3.96. The Bertz CT molecular complexity index is 1070. The largest absolute Gasteiger partial charge is 0.334 e. The molecule has 0 bridgehead atoms. The molecule has 3 atom stereocenters. The van der Waals surface area contributed by atoms with E-state index < -0.39 is 0 Å². The highest BCUT2D eigenvalue weighted by atomic mass is 35.5. The molecule has 1 aliphatic heterocycles. The van der Waals surface area contributed by atoms with Crippen LogP contribution in [0.4, 0.5) is 0 Å². The van der Waals surface area contributed by atoms with Gasteiger partial charge in [-0.2, -0.15) is 0 Å². The van der Waals surface area contributed by atoms with E-state index in [-0.39, 0.29) is 23.2 Å². The van der Waals surface area contributed by atoms with Crippen molar-refractivity contribution >= 4 is 52.3 Å². The second kappa shape index (κ2) is 9.02. The monoisotopic (exact) mass is 511 g/mol. The number of halogens is 4. The molecule has 6 heteroatoms. The minimum Gasteiger partial charge on any atom is -0.334 e. The van der Waals surface area contributed by atoms with E-state index in [1.165, 1.54) is 0 Å².